The highest BCUT2D eigenvalue weighted by Gasteiger charge is 2.03. The van der Waals surface area contributed by atoms with Gasteiger partial charge in [-0.1, -0.05) is 45.0 Å². The van der Waals surface area contributed by atoms with E-state index >= 15 is 0 Å². The molecule has 3 heteroatoms. The monoisotopic (exact) mass is 312 g/mol. The lowest BCUT2D eigenvalue weighted by molar-refractivity contribution is 0.734. The number of benzene rings is 2. The lowest BCUT2D eigenvalue weighted by Crippen LogP contribution is -2.19. The summed E-state index contributed by atoms with van der Waals surface area (Å²) in [4.78, 5) is 0. The van der Waals surface area contributed by atoms with Crippen LogP contribution in [0.15, 0.2) is 48.5 Å². The minimum Gasteiger partial charge on any atom is -0.332 e. The van der Waals surface area contributed by atoms with Crippen molar-refractivity contribution in [1.82, 2.24) is 0 Å². The van der Waals surface area contributed by atoms with Crippen molar-refractivity contribution in [3.63, 3.8) is 0 Å². The molecule has 0 aromatic heterocycles. The van der Waals surface area contributed by atoms with E-state index in [0.29, 0.717) is 11.0 Å². The molecular formula is C19H24N2S. The highest BCUT2D eigenvalue weighted by atomic mass is 32.1. The summed E-state index contributed by atoms with van der Waals surface area (Å²) >= 11 is 5.38. The van der Waals surface area contributed by atoms with Crippen molar-refractivity contribution < 1.29 is 0 Å². The van der Waals surface area contributed by atoms with E-state index in [1.165, 1.54) is 11.1 Å². The van der Waals surface area contributed by atoms with E-state index in [9.17, 15) is 0 Å². The van der Waals surface area contributed by atoms with Crippen molar-refractivity contribution in [2.24, 2.45) is 0 Å². The van der Waals surface area contributed by atoms with Gasteiger partial charge in [0, 0.05) is 11.4 Å². The maximum Gasteiger partial charge on any atom is 0.175 e. The largest absolute Gasteiger partial charge is 0.332 e. The normalized spacial score (nSPS) is 11.8. The Balaban J connectivity index is 1.96. The molecule has 0 amide bonds. The SMILES string of the molecule is CCc1cccc(NC(=S)Nc2ccc(C(C)CC)cc2)c1. The van der Waals surface area contributed by atoms with Crippen LogP contribution in [0.3, 0.4) is 0 Å². The zero-order chi connectivity index (χ0) is 15.9. The topological polar surface area (TPSA) is 24.1 Å². The van der Waals surface area contributed by atoms with Gasteiger partial charge in [-0.3, -0.25) is 0 Å². The Kier molecular flexibility index (Phi) is 5.96. The smallest absolute Gasteiger partial charge is 0.175 e. The van der Waals surface area contributed by atoms with Crippen LogP contribution >= 0.6 is 12.2 Å². The molecule has 2 rings (SSSR count). The van der Waals surface area contributed by atoms with Gasteiger partial charge in [-0.2, -0.15) is 0 Å². The van der Waals surface area contributed by atoms with Gasteiger partial charge in [0.1, 0.15) is 0 Å². The van der Waals surface area contributed by atoms with Crippen molar-refractivity contribution in [2.45, 2.75) is 39.5 Å². The summed E-state index contributed by atoms with van der Waals surface area (Å²) in [6.07, 6.45) is 2.17. The third kappa shape index (κ3) is 4.57. The van der Waals surface area contributed by atoms with E-state index in [-0.39, 0.29) is 0 Å². The number of rotatable bonds is 5. The molecule has 0 aliphatic heterocycles. The minimum atomic E-state index is 0.593. The zero-order valence-electron chi connectivity index (χ0n) is 13.5. The quantitative estimate of drug-likeness (QED) is 0.706. The Morgan fingerprint density at radius 3 is 2.32 bits per heavy atom. The molecule has 0 spiro atoms. The van der Waals surface area contributed by atoms with Crippen LogP contribution in [0.2, 0.25) is 0 Å². The first-order chi connectivity index (χ1) is 10.6. The summed E-state index contributed by atoms with van der Waals surface area (Å²) in [5, 5.41) is 7.08. The first kappa shape index (κ1) is 16.5. The van der Waals surface area contributed by atoms with Crippen molar-refractivity contribution in [3.8, 4) is 0 Å². The lowest BCUT2D eigenvalue weighted by atomic mass is 9.99. The molecule has 116 valence electrons. The molecular weight excluding hydrogens is 288 g/mol. The average Bonchev–Trinajstić information content (AvgIpc) is 2.55. The molecule has 0 aliphatic rings. The molecule has 2 N–H and O–H groups in total. The molecule has 0 radical (unpaired) electrons. The molecule has 2 nitrogen and oxygen atoms in total. The number of thiocarbonyl (C=S) groups is 1. The number of hydrogen-bond donors (Lipinski definition) is 2. The third-order valence-corrected chi connectivity index (χ3v) is 4.15. The van der Waals surface area contributed by atoms with Gasteiger partial charge >= 0.3 is 0 Å². The fourth-order valence-corrected chi connectivity index (χ4v) is 2.53. The van der Waals surface area contributed by atoms with E-state index in [4.69, 9.17) is 12.2 Å². The summed E-state index contributed by atoms with van der Waals surface area (Å²) in [5.74, 6) is 0.593. The van der Waals surface area contributed by atoms with Gasteiger partial charge in [0.05, 0.1) is 0 Å². The molecule has 1 atom stereocenters. The summed E-state index contributed by atoms with van der Waals surface area (Å²) < 4.78 is 0. The Labute approximate surface area is 139 Å². The Bertz CT molecular complexity index is 620. The molecule has 0 saturated heterocycles. The van der Waals surface area contributed by atoms with Crippen LogP contribution in [0.1, 0.15) is 44.2 Å². The summed E-state index contributed by atoms with van der Waals surface area (Å²) in [6.45, 7) is 6.60. The molecule has 22 heavy (non-hydrogen) atoms. The second-order valence-electron chi connectivity index (χ2n) is 5.56. The van der Waals surface area contributed by atoms with Crippen molar-refractivity contribution in [3.05, 3.63) is 59.7 Å². The minimum absolute atomic E-state index is 0.593. The maximum absolute atomic E-state index is 5.38. The average molecular weight is 312 g/mol. The first-order valence-electron chi connectivity index (χ1n) is 7.89. The van der Waals surface area contributed by atoms with Crippen molar-refractivity contribution in [2.75, 3.05) is 10.6 Å². The number of hydrogen-bond acceptors (Lipinski definition) is 1. The lowest BCUT2D eigenvalue weighted by Gasteiger charge is -2.13. The number of aryl methyl sites for hydroxylation is 1. The van der Waals surface area contributed by atoms with Gasteiger partial charge in [-0.05, 0) is 66.4 Å². The van der Waals surface area contributed by atoms with Crippen LogP contribution in [0, 0.1) is 0 Å². The molecule has 1 unspecified atom stereocenters. The molecule has 0 fully saturated rings. The van der Waals surface area contributed by atoms with E-state index in [0.717, 1.165) is 24.2 Å². The van der Waals surface area contributed by atoms with Gasteiger partial charge in [0.2, 0.25) is 0 Å². The van der Waals surface area contributed by atoms with E-state index in [1.54, 1.807) is 0 Å². The summed E-state index contributed by atoms with van der Waals surface area (Å²) in [7, 11) is 0. The van der Waals surface area contributed by atoms with E-state index < -0.39 is 0 Å². The van der Waals surface area contributed by atoms with Crippen LogP contribution in [0.4, 0.5) is 11.4 Å². The van der Waals surface area contributed by atoms with E-state index in [2.05, 4.69) is 67.8 Å². The third-order valence-electron chi connectivity index (χ3n) is 3.94. The highest BCUT2D eigenvalue weighted by Crippen LogP contribution is 2.20. The number of nitrogens with one attached hydrogen (secondary N) is 2. The molecule has 0 bridgehead atoms. The van der Waals surface area contributed by atoms with Gasteiger partial charge < -0.3 is 10.6 Å². The van der Waals surface area contributed by atoms with Gasteiger partial charge in [-0.25, -0.2) is 0 Å². The van der Waals surface area contributed by atoms with Gasteiger partial charge in [0.15, 0.2) is 5.11 Å². The van der Waals surface area contributed by atoms with Crippen LogP contribution < -0.4 is 10.6 Å². The molecule has 2 aromatic rings. The fourth-order valence-electron chi connectivity index (χ4n) is 2.29. The predicted octanol–water partition coefficient (Wildman–Crippen LogP) is 5.57. The molecule has 0 saturated carbocycles. The Morgan fingerprint density at radius 1 is 1.00 bits per heavy atom. The van der Waals surface area contributed by atoms with Crippen LogP contribution in [-0.4, -0.2) is 5.11 Å². The van der Waals surface area contributed by atoms with Crippen LogP contribution in [-0.2, 0) is 6.42 Å². The fraction of sp³-hybridized carbons (Fsp3) is 0.316. The molecule has 0 aliphatic carbocycles. The summed E-state index contributed by atoms with van der Waals surface area (Å²) in [6, 6.07) is 16.8. The predicted molar refractivity (Wildman–Crippen MR) is 101 cm³/mol. The van der Waals surface area contributed by atoms with Crippen LogP contribution in [0.5, 0.6) is 0 Å². The summed E-state index contributed by atoms with van der Waals surface area (Å²) in [5.41, 5.74) is 4.69. The van der Waals surface area contributed by atoms with Crippen molar-refractivity contribution >= 4 is 28.7 Å². The van der Waals surface area contributed by atoms with Gasteiger partial charge in [-0.15, -0.1) is 0 Å². The second-order valence-corrected chi connectivity index (χ2v) is 5.97. The molecule has 2 aromatic carbocycles. The van der Waals surface area contributed by atoms with Crippen LogP contribution in [0.25, 0.3) is 0 Å². The number of anilines is 2. The zero-order valence-corrected chi connectivity index (χ0v) is 14.3. The first-order valence-corrected chi connectivity index (χ1v) is 8.30. The highest BCUT2D eigenvalue weighted by molar-refractivity contribution is 7.80. The maximum atomic E-state index is 5.38. The standard InChI is InChI=1S/C19H24N2S/c1-4-14(3)16-9-11-17(12-10-16)20-19(22)21-18-8-6-7-15(5-2)13-18/h6-14H,4-5H2,1-3H3,(H2,20,21,22). The Morgan fingerprint density at radius 2 is 1.68 bits per heavy atom. The van der Waals surface area contributed by atoms with Gasteiger partial charge in [0.25, 0.3) is 0 Å². The molecule has 0 heterocycles. The van der Waals surface area contributed by atoms with Crippen molar-refractivity contribution in [1.29, 1.82) is 0 Å². The Hall–Kier alpha value is -1.87. The van der Waals surface area contributed by atoms with E-state index in [1.807, 2.05) is 12.1 Å². The second kappa shape index (κ2) is 7.95.